The second kappa shape index (κ2) is 55.5. The van der Waals surface area contributed by atoms with Crippen molar-refractivity contribution in [3.63, 3.8) is 0 Å². The molecule has 0 aromatic rings. The summed E-state index contributed by atoms with van der Waals surface area (Å²) in [5.41, 5.74) is 0.224. The van der Waals surface area contributed by atoms with E-state index in [2.05, 4.69) is 185 Å². The van der Waals surface area contributed by atoms with E-state index in [9.17, 15) is 48.3 Å². The van der Waals surface area contributed by atoms with Gasteiger partial charge in [-0.3, -0.25) is 43.2 Å². The van der Waals surface area contributed by atoms with Gasteiger partial charge in [-0.1, -0.05) is 214 Å². The molecule has 1 N–H and O–H groups in total. The van der Waals surface area contributed by atoms with Gasteiger partial charge in [0, 0.05) is 5.92 Å². The maximum atomic E-state index is 13.1. The van der Waals surface area contributed by atoms with Gasteiger partial charge in [0.25, 0.3) is 0 Å². The van der Waals surface area contributed by atoms with Crippen LogP contribution in [0.3, 0.4) is 0 Å². The number of carboxylic acids is 1. The highest BCUT2D eigenvalue weighted by Gasteiger charge is 2.65. The van der Waals surface area contributed by atoms with Gasteiger partial charge in [0.15, 0.2) is 16.6 Å². The summed E-state index contributed by atoms with van der Waals surface area (Å²) in [5, 5.41) is 9.34. The lowest BCUT2D eigenvalue weighted by Crippen LogP contribution is -2.66. The van der Waals surface area contributed by atoms with Crippen LogP contribution in [0.1, 0.15) is 403 Å². The van der Waals surface area contributed by atoms with E-state index in [1.54, 1.807) is 27.7 Å². The van der Waals surface area contributed by atoms with Gasteiger partial charge in [-0.05, 0) is 373 Å². The molecule has 5 heterocycles. The van der Waals surface area contributed by atoms with Crippen molar-refractivity contribution in [1.29, 1.82) is 0 Å². The second-order valence-electron chi connectivity index (χ2n) is 50.3. The van der Waals surface area contributed by atoms with Crippen LogP contribution < -0.4 is 0 Å². The number of ether oxygens (including phenoxy) is 7. The zero-order chi connectivity index (χ0) is 103. The molecule has 5 saturated heterocycles. The molecule has 0 aromatic heterocycles. The van der Waals surface area contributed by atoms with Crippen molar-refractivity contribution >= 4 is 105 Å². The van der Waals surface area contributed by atoms with E-state index in [-0.39, 0.29) is 150 Å². The predicted octanol–water partition coefficient (Wildman–Crippen LogP) is 30.6. The molecule has 0 aromatic carbocycles. The Morgan fingerprint density at radius 3 is 1.17 bits per heavy atom. The Labute approximate surface area is 881 Å². The molecule has 11 saturated carbocycles. The van der Waals surface area contributed by atoms with Crippen LogP contribution >= 0.6 is 0 Å². The van der Waals surface area contributed by atoms with Gasteiger partial charge < -0.3 is 58.8 Å². The number of carboxylic acid groups (broad SMARTS) is 1. The van der Waals surface area contributed by atoms with Crippen LogP contribution in [0.2, 0.25) is 89.6 Å². The van der Waals surface area contributed by atoms with Crippen molar-refractivity contribution in [1.82, 2.24) is 0 Å². The molecule has 0 spiro atoms. The SMILES string of the molecule is C.C.C.C.C.C.CC1C(=O)OC(=O)C1C.CC1C(=O)OC(=O)C1C.CCC(C)(C)C(=O)OC1(CC)CC2CCC1C2.CCC(C)(C)C(=O)OC1(CC)CC2CCC1C2.CCC(C)[Si](C)(C)O[Si](C)(C)C.CCC(C)[Si]1(C)O[Si](C)(C)O[Si](C)(C)O[Si](C)(C)O1.CCCC1CC(C)C2C3CC(C(=O)O)C(C3)C12.CCCC1CC(C)C2C3CC(C(=O)OC4(CC)CCCC4)C(C3)C12.CCCC1OC(C)C2COC(=O)C12. The molecular weight excluding hydrogens is 1900 g/mol. The molecule has 16 fully saturated rings. The molecule has 838 valence electrons. The second-order valence-corrected chi connectivity index (χ2v) is 74.2. The molecule has 16 rings (SSSR count). The minimum atomic E-state index is -2.26. The van der Waals surface area contributed by atoms with Crippen molar-refractivity contribution in [3.8, 4) is 0 Å². The van der Waals surface area contributed by atoms with Crippen molar-refractivity contribution in [2.45, 2.75) is 522 Å². The predicted molar refractivity (Wildman–Crippen MR) is 596 cm³/mol. The summed E-state index contributed by atoms with van der Waals surface area (Å²) in [6.07, 6.45) is 36.7. The van der Waals surface area contributed by atoms with Crippen molar-refractivity contribution < 1.29 is 102 Å². The number of hydrogen-bond acceptors (Lipinski definition) is 21. The molecular formula is C115H222O22Si6. The highest BCUT2D eigenvalue weighted by Crippen LogP contribution is 2.68. The van der Waals surface area contributed by atoms with Crippen molar-refractivity contribution in [2.75, 3.05) is 6.61 Å². The lowest BCUT2D eigenvalue weighted by atomic mass is 9.71. The van der Waals surface area contributed by atoms with Gasteiger partial charge in [-0.15, -0.1) is 0 Å². The number of esters is 8. The minimum Gasteiger partial charge on any atom is -0.481 e. The van der Waals surface area contributed by atoms with Gasteiger partial charge >= 0.3 is 88.0 Å². The van der Waals surface area contributed by atoms with Gasteiger partial charge in [-0.25, -0.2) is 0 Å². The summed E-state index contributed by atoms with van der Waals surface area (Å²) < 4.78 is 69.5. The first-order chi connectivity index (χ1) is 63.6. The lowest BCUT2D eigenvalue weighted by Gasteiger charge is -2.49. The van der Waals surface area contributed by atoms with E-state index in [1.165, 1.54) is 109 Å². The van der Waals surface area contributed by atoms with Crippen LogP contribution in [0.4, 0.5) is 0 Å². The van der Waals surface area contributed by atoms with E-state index in [1.807, 2.05) is 34.6 Å². The zero-order valence-electron chi connectivity index (χ0n) is 92.8. The largest absolute Gasteiger partial charge is 0.481 e. The average Bonchev–Trinajstić information content (AvgIpc) is 1.57. The van der Waals surface area contributed by atoms with Crippen LogP contribution in [0.5, 0.6) is 0 Å². The third kappa shape index (κ3) is 33.1. The fourth-order valence-electron chi connectivity index (χ4n) is 28.2. The number of carbonyl (C=O) groups is 9. The minimum absolute atomic E-state index is 0. The van der Waals surface area contributed by atoms with Crippen LogP contribution in [0.25, 0.3) is 0 Å². The van der Waals surface area contributed by atoms with Crippen LogP contribution in [-0.2, 0) is 96.9 Å². The number of hydrogen-bond donors (Lipinski definition) is 1. The number of cyclic esters (lactones) is 5. The zero-order valence-corrected chi connectivity index (χ0v) is 98.8. The normalized spacial score (nSPS) is 36.1. The smallest absolute Gasteiger partial charge is 0.320 e. The number of aliphatic carboxylic acids is 1. The quantitative estimate of drug-likeness (QED) is 0.0406. The Balaban J connectivity index is 0.000000548. The first-order valence-corrected chi connectivity index (χ1v) is 72.6. The fourth-order valence-corrected chi connectivity index (χ4v) is 58.1. The molecule has 8 bridgehead atoms. The maximum Gasteiger partial charge on any atom is 0.320 e. The highest BCUT2D eigenvalue weighted by molar-refractivity contribution is 6.93. The van der Waals surface area contributed by atoms with E-state index in [0.717, 1.165) is 166 Å². The standard InChI is InChI=1S/C22H36O2.C15H24O2.2C15H26O2.C11H30O4Si4.C10H16O3.C9H24OSi2.2C6H8O3.6CH4/c1-4-8-15-11-14(3)19-16-12-17(20(15)19)18(13-16)21(23)24-22(5-2)9-6-7-10-22;1-3-4-9-5-8(2)13-10-6-11(14(9)13)12(7-10)15(16)17;2*1-5-14(3,4)13(16)17-15(6-2)10-11-7-8-12(15)9-11;1-10-11(2)19(9)14-17(5,6)12-16(3,4)13-18(7,8)15-19;1-3-4-8-9-7(6(2)13-8)5-12-10(9)11;1-8-9(2)12(6,7)10-11(3,4)5;2*1-3-4(2)6(8)9-5(3)7;;;;;;/h14-20H,4-13H2,1-3H3;8-14H,3-7H2,1-2H3,(H,16,17);2*11-12H,5-10H2,1-4H3;11H,10H2,1-9H3;6-9H,3-5H2,1-2H3;9H,8H2,1-7H3;2*3-4H,1-2H3;6*1H4. The van der Waals surface area contributed by atoms with E-state index < -0.39 is 80.7 Å². The van der Waals surface area contributed by atoms with Crippen LogP contribution in [0.15, 0.2) is 0 Å². The van der Waals surface area contributed by atoms with Crippen LogP contribution in [-0.4, -0.2) is 145 Å². The van der Waals surface area contributed by atoms with Gasteiger partial charge in [0.2, 0.25) is 0 Å². The highest BCUT2D eigenvalue weighted by atomic mass is 28.5. The topological polar surface area (TPSA) is 285 Å². The molecule has 22 nitrogen and oxygen atoms in total. The molecule has 30 unspecified atom stereocenters. The third-order valence-corrected chi connectivity index (χ3v) is 61.8. The summed E-state index contributed by atoms with van der Waals surface area (Å²) in [5.74, 6) is 10.0. The molecule has 11 aliphatic carbocycles. The van der Waals surface area contributed by atoms with E-state index >= 15 is 0 Å². The molecule has 28 heteroatoms. The monoisotopic (exact) mass is 2120 g/mol. The number of rotatable bonds is 24. The Kier molecular flexibility index (Phi) is 52.7. The van der Waals surface area contributed by atoms with E-state index in [0.29, 0.717) is 41.7 Å². The first kappa shape index (κ1) is 136. The summed E-state index contributed by atoms with van der Waals surface area (Å²) in [6, 6.07) is 0. The van der Waals surface area contributed by atoms with E-state index in [4.69, 9.17) is 44.3 Å². The summed E-state index contributed by atoms with van der Waals surface area (Å²) in [7, 11) is -11.5. The van der Waals surface area contributed by atoms with Crippen molar-refractivity contribution in [3.05, 3.63) is 0 Å². The Hall–Kier alpha value is -3.31. The molecule has 5 aliphatic heterocycles. The Morgan fingerprint density at radius 2 is 0.853 bits per heavy atom. The molecule has 16 aliphatic rings. The number of carbonyl (C=O) groups excluding carboxylic acids is 8. The number of fused-ring (bicyclic) bond motifs is 15. The van der Waals surface area contributed by atoms with Gasteiger partial charge in [-0.2, -0.15) is 0 Å². The summed E-state index contributed by atoms with van der Waals surface area (Å²) in [6.45, 7) is 74.9. The fraction of sp³-hybridized carbons (Fsp3) is 0.922. The first-order valence-electron chi connectivity index (χ1n) is 55.3. The summed E-state index contributed by atoms with van der Waals surface area (Å²) >= 11 is 0. The maximum absolute atomic E-state index is 13.1. The van der Waals surface area contributed by atoms with Gasteiger partial charge in [0.05, 0.1) is 71.1 Å². The third-order valence-electron chi connectivity index (χ3n) is 37.2. The van der Waals surface area contributed by atoms with Gasteiger partial charge in [0.1, 0.15) is 16.8 Å². The molecule has 0 radical (unpaired) electrons. The molecule has 30 atom stereocenters. The Morgan fingerprint density at radius 1 is 0.469 bits per heavy atom. The summed E-state index contributed by atoms with van der Waals surface area (Å²) in [4.78, 5) is 103. The molecule has 0 amide bonds. The lowest BCUT2D eigenvalue weighted by molar-refractivity contribution is -0.178. The average molecular weight is 2130 g/mol. The Bertz CT molecular complexity index is 3830. The van der Waals surface area contributed by atoms with Crippen molar-refractivity contribution in [2.24, 2.45) is 153 Å². The molecule has 143 heavy (non-hydrogen) atoms. The van der Waals surface area contributed by atoms with Crippen LogP contribution in [0, 0.1) is 153 Å².